The van der Waals surface area contributed by atoms with Crippen LogP contribution in [0.4, 0.5) is 0 Å². The standard InChI is InChI=1S/C23H36N4O4S/c1-3-25(4-2)22(28)19-24-14-10-15-26(18-17-24)23(29)21-13-8-9-16-27(21)32(30,31)20-11-6-5-7-12-20/h5-7,11-12,21H,3-4,8-10,13-19H2,1-2H3. The molecule has 2 heterocycles. The molecule has 1 atom stereocenters. The molecule has 0 aromatic heterocycles. The highest BCUT2D eigenvalue weighted by Gasteiger charge is 2.39. The van der Waals surface area contributed by atoms with Gasteiger partial charge in [-0.15, -0.1) is 0 Å². The summed E-state index contributed by atoms with van der Waals surface area (Å²) in [4.78, 5) is 31.9. The lowest BCUT2D eigenvalue weighted by Gasteiger charge is -2.36. The van der Waals surface area contributed by atoms with Gasteiger partial charge in [-0.1, -0.05) is 24.6 Å². The Morgan fingerprint density at radius 3 is 2.34 bits per heavy atom. The van der Waals surface area contributed by atoms with Gasteiger partial charge in [-0.3, -0.25) is 14.5 Å². The smallest absolute Gasteiger partial charge is 0.243 e. The van der Waals surface area contributed by atoms with Crippen molar-refractivity contribution in [3.63, 3.8) is 0 Å². The minimum absolute atomic E-state index is 0.110. The van der Waals surface area contributed by atoms with Gasteiger partial charge >= 0.3 is 0 Å². The van der Waals surface area contributed by atoms with Crippen LogP contribution in [0.15, 0.2) is 35.2 Å². The van der Waals surface area contributed by atoms with Gasteiger partial charge in [-0.05, 0) is 45.2 Å². The summed E-state index contributed by atoms with van der Waals surface area (Å²) in [5.41, 5.74) is 0. The minimum Gasteiger partial charge on any atom is -0.342 e. The van der Waals surface area contributed by atoms with E-state index in [-0.39, 0.29) is 16.7 Å². The van der Waals surface area contributed by atoms with Gasteiger partial charge < -0.3 is 9.80 Å². The average molecular weight is 465 g/mol. The van der Waals surface area contributed by atoms with Crippen LogP contribution in [0.2, 0.25) is 0 Å². The first-order valence-electron chi connectivity index (χ1n) is 11.7. The Kier molecular flexibility index (Phi) is 8.67. The topological polar surface area (TPSA) is 81.2 Å². The number of nitrogens with zero attached hydrogens (tertiary/aromatic N) is 4. The number of benzene rings is 1. The number of sulfonamides is 1. The lowest BCUT2D eigenvalue weighted by Crippen LogP contribution is -2.53. The maximum atomic E-state index is 13.5. The second kappa shape index (κ2) is 11.2. The highest BCUT2D eigenvalue weighted by molar-refractivity contribution is 7.89. The molecular weight excluding hydrogens is 428 g/mol. The Bertz CT molecular complexity index is 873. The first kappa shape index (κ1) is 24.7. The highest BCUT2D eigenvalue weighted by atomic mass is 32.2. The number of piperidine rings is 1. The van der Waals surface area contributed by atoms with Crippen molar-refractivity contribution in [1.29, 1.82) is 0 Å². The van der Waals surface area contributed by atoms with Crippen LogP contribution in [0.5, 0.6) is 0 Å². The first-order chi connectivity index (χ1) is 15.4. The summed E-state index contributed by atoms with van der Waals surface area (Å²) in [5.74, 6) is 0.00307. The van der Waals surface area contributed by atoms with Gasteiger partial charge in [0.1, 0.15) is 6.04 Å². The predicted octanol–water partition coefficient (Wildman–Crippen LogP) is 1.63. The summed E-state index contributed by atoms with van der Waals surface area (Å²) in [6.45, 7) is 8.55. The largest absolute Gasteiger partial charge is 0.342 e. The summed E-state index contributed by atoms with van der Waals surface area (Å²) in [6.07, 6.45) is 2.92. The maximum absolute atomic E-state index is 13.5. The molecule has 3 rings (SSSR count). The third-order valence-electron chi connectivity index (χ3n) is 6.46. The molecular formula is C23H36N4O4S. The SMILES string of the molecule is CCN(CC)C(=O)CN1CCCN(C(=O)C2CCCCN2S(=O)(=O)c2ccccc2)CC1. The Hall–Kier alpha value is -1.97. The zero-order valence-electron chi connectivity index (χ0n) is 19.3. The monoisotopic (exact) mass is 464 g/mol. The summed E-state index contributed by atoms with van der Waals surface area (Å²) >= 11 is 0. The molecule has 0 saturated carbocycles. The zero-order chi connectivity index (χ0) is 23.1. The van der Waals surface area contributed by atoms with Crippen LogP contribution < -0.4 is 0 Å². The molecule has 0 radical (unpaired) electrons. The molecule has 2 saturated heterocycles. The van der Waals surface area contributed by atoms with Crippen molar-refractivity contribution in [3.8, 4) is 0 Å². The Balaban J connectivity index is 1.67. The number of rotatable bonds is 7. The van der Waals surface area contributed by atoms with Gasteiger partial charge in [0.25, 0.3) is 0 Å². The minimum atomic E-state index is -3.72. The van der Waals surface area contributed by atoms with Crippen molar-refractivity contribution < 1.29 is 18.0 Å². The van der Waals surface area contributed by atoms with Crippen LogP contribution in [-0.2, 0) is 19.6 Å². The maximum Gasteiger partial charge on any atom is 0.243 e. The van der Waals surface area contributed by atoms with Gasteiger partial charge in [0, 0.05) is 45.8 Å². The summed E-state index contributed by atoms with van der Waals surface area (Å²) < 4.78 is 27.9. The van der Waals surface area contributed by atoms with Gasteiger partial charge in [0.15, 0.2) is 0 Å². The Morgan fingerprint density at radius 2 is 1.66 bits per heavy atom. The van der Waals surface area contributed by atoms with Gasteiger partial charge in [-0.25, -0.2) is 8.42 Å². The number of carbonyl (C=O) groups is 2. The van der Waals surface area contributed by atoms with Crippen LogP contribution in [0, 0.1) is 0 Å². The predicted molar refractivity (Wildman–Crippen MR) is 124 cm³/mol. The quantitative estimate of drug-likeness (QED) is 0.613. The van der Waals surface area contributed by atoms with E-state index in [1.807, 2.05) is 18.7 Å². The van der Waals surface area contributed by atoms with Crippen molar-refractivity contribution in [2.45, 2.75) is 50.5 Å². The molecule has 178 valence electrons. The van der Waals surface area contributed by atoms with Crippen LogP contribution >= 0.6 is 0 Å². The summed E-state index contributed by atoms with van der Waals surface area (Å²) in [6, 6.07) is 7.71. The molecule has 1 aromatic carbocycles. The van der Waals surface area contributed by atoms with Crippen molar-refractivity contribution in [2.75, 3.05) is 52.4 Å². The number of amides is 2. The Morgan fingerprint density at radius 1 is 0.938 bits per heavy atom. The molecule has 0 bridgehead atoms. The number of hydrogen-bond acceptors (Lipinski definition) is 5. The second-order valence-electron chi connectivity index (χ2n) is 8.46. The fourth-order valence-corrected chi connectivity index (χ4v) is 6.27. The van der Waals surface area contributed by atoms with Crippen molar-refractivity contribution in [3.05, 3.63) is 30.3 Å². The van der Waals surface area contributed by atoms with Crippen molar-refractivity contribution in [2.24, 2.45) is 0 Å². The molecule has 8 nitrogen and oxygen atoms in total. The normalized spacial score (nSPS) is 21.2. The van der Waals surface area contributed by atoms with E-state index in [0.717, 1.165) is 25.8 Å². The lowest BCUT2D eigenvalue weighted by atomic mass is 10.0. The molecule has 2 fully saturated rings. The van der Waals surface area contributed by atoms with E-state index in [0.29, 0.717) is 52.2 Å². The molecule has 2 aliphatic rings. The van der Waals surface area contributed by atoms with E-state index < -0.39 is 16.1 Å². The van der Waals surface area contributed by atoms with E-state index in [4.69, 9.17) is 0 Å². The molecule has 0 aliphatic carbocycles. The van der Waals surface area contributed by atoms with E-state index >= 15 is 0 Å². The molecule has 2 amide bonds. The summed E-state index contributed by atoms with van der Waals surface area (Å²) in [7, 11) is -3.72. The zero-order valence-corrected chi connectivity index (χ0v) is 20.1. The van der Waals surface area contributed by atoms with Crippen LogP contribution in [0.3, 0.4) is 0 Å². The fourth-order valence-electron chi connectivity index (χ4n) is 4.60. The third-order valence-corrected chi connectivity index (χ3v) is 8.39. The molecule has 1 unspecified atom stereocenters. The van der Waals surface area contributed by atoms with E-state index in [1.54, 1.807) is 35.2 Å². The average Bonchev–Trinajstić information content (AvgIpc) is 3.05. The molecule has 0 spiro atoms. The van der Waals surface area contributed by atoms with Crippen LogP contribution in [0.1, 0.15) is 39.5 Å². The molecule has 1 aromatic rings. The molecule has 0 N–H and O–H groups in total. The van der Waals surface area contributed by atoms with E-state index in [2.05, 4.69) is 4.90 Å². The number of likely N-dealkylation sites (N-methyl/N-ethyl adjacent to an activating group) is 1. The fraction of sp³-hybridized carbons (Fsp3) is 0.652. The van der Waals surface area contributed by atoms with Crippen LogP contribution in [0.25, 0.3) is 0 Å². The Labute approximate surface area is 192 Å². The van der Waals surface area contributed by atoms with E-state index in [1.165, 1.54) is 4.31 Å². The molecule has 9 heteroatoms. The highest BCUT2D eigenvalue weighted by Crippen LogP contribution is 2.27. The third kappa shape index (κ3) is 5.68. The second-order valence-corrected chi connectivity index (χ2v) is 10.4. The van der Waals surface area contributed by atoms with Crippen molar-refractivity contribution in [1.82, 2.24) is 19.0 Å². The van der Waals surface area contributed by atoms with Crippen molar-refractivity contribution >= 4 is 21.8 Å². The number of hydrogen-bond donors (Lipinski definition) is 0. The number of carbonyl (C=O) groups excluding carboxylic acids is 2. The van der Waals surface area contributed by atoms with Gasteiger partial charge in [-0.2, -0.15) is 4.31 Å². The molecule has 2 aliphatic heterocycles. The van der Waals surface area contributed by atoms with Gasteiger partial charge in [0.2, 0.25) is 21.8 Å². The molecule has 32 heavy (non-hydrogen) atoms. The van der Waals surface area contributed by atoms with E-state index in [9.17, 15) is 18.0 Å². The summed E-state index contributed by atoms with van der Waals surface area (Å²) in [5, 5.41) is 0. The lowest BCUT2D eigenvalue weighted by molar-refractivity contribution is -0.136. The first-order valence-corrected chi connectivity index (χ1v) is 13.2. The van der Waals surface area contributed by atoms with Crippen LogP contribution in [-0.4, -0.2) is 97.6 Å². The van der Waals surface area contributed by atoms with Gasteiger partial charge in [0.05, 0.1) is 11.4 Å².